The van der Waals surface area contributed by atoms with E-state index in [4.69, 9.17) is 0 Å². The molecule has 0 aromatic carbocycles. The van der Waals surface area contributed by atoms with E-state index in [1.165, 1.54) is 21.8 Å². The van der Waals surface area contributed by atoms with Crippen LogP contribution in [0.15, 0.2) is 18.5 Å². The maximum Gasteiger partial charge on any atom is 0.333 e. The highest BCUT2D eigenvalue weighted by Gasteiger charge is 2.23. The van der Waals surface area contributed by atoms with E-state index in [-0.39, 0.29) is 23.0 Å². The van der Waals surface area contributed by atoms with Gasteiger partial charge in [0.2, 0.25) is 0 Å². The maximum absolute atomic E-state index is 12.8. The van der Waals surface area contributed by atoms with Crippen molar-refractivity contribution in [3.8, 4) is 0 Å². The van der Waals surface area contributed by atoms with Crippen molar-refractivity contribution < 1.29 is 18.4 Å². The summed E-state index contributed by atoms with van der Waals surface area (Å²) in [5.74, 6) is -1.16. The first kappa shape index (κ1) is 16.6. The number of hydrogen-bond donors (Lipinski definition) is 1. The summed E-state index contributed by atoms with van der Waals surface area (Å²) in [6.07, 6.45) is 2.41. The fraction of sp³-hybridized carbons (Fsp3) is 0.385. The minimum Gasteiger partial charge on any atom is -0.343 e. The van der Waals surface area contributed by atoms with Gasteiger partial charge in [-0.15, -0.1) is 0 Å². The molecule has 0 saturated heterocycles. The molecule has 0 spiro atoms. The number of nitrogens with one attached hydrogen (secondary N) is 1. The summed E-state index contributed by atoms with van der Waals surface area (Å²) in [6.45, 7) is -0.733. The van der Waals surface area contributed by atoms with E-state index in [0.29, 0.717) is 11.2 Å². The van der Waals surface area contributed by atoms with Gasteiger partial charge in [-0.3, -0.25) is 14.3 Å². The van der Waals surface area contributed by atoms with Gasteiger partial charge >= 0.3 is 6.55 Å². The summed E-state index contributed by atoms with van der Waals surface area (Å²) in [4.78, 5) is 25.7. The summed E-state index contributed by atoms with van der Waals surface area (Å²) < 4.78 is 27.3. The highest BCUT2D eigenvalue weighted by atomic mass is 19.3. The first-order valence-electron chi connectivity index (χ1n) is 6.77. The van der Waals surface area contributed by atoms with E-state index in [1.54, 1.807) is 21.0 Å². The van der Waals surface area contributed by atoms with E-state index >= 15 is 0 Å². The van der Waals surface area contributed by atoms with Crippen LogP contribution in [0.5, 0.6) is 0 Å². The van der Waals surface area contributed by atoms with Crippen LogP contribution < -0.4 is 5.32 Å². The largest absolute Gasteiger partial charge is 0.343 e. The summed E-state index contributed by atoms with van der Waals surface area (Å²) in [5.41, 5.74) is 0.0130. The molecule has 0 unspecified atom stereocenters. The number of rotatable bonds is 5. The molecule has 8 nitrogen and oxygen atoms in total. The van der Waals surface area contributed by atoms with Gasteiger partial charge in [0.25, 0.3) is 11.8 Å². The van der Waals surface area contributed by atoms with Gasteiger partial charge in [-0.25, -0.2) is 0 Å². The Hall–Kier alpha value is -2.78. The molecule has 124 valence electrons. The number of anilines is 1. The average molecular weight is 326 g/mol. The number of alkyl halides is 2. The number of carbonyl (C=O) groups excluding carboxylic acids is 2. The van der Waals surface area contributed by atoms with Crippen LogP contribution in [-0.2, 0) is 6.54 Å². The van der Waals surface area contributed by atoms with Crippen LogP contribution >= 0.6 is 0 Å². The van der Waals surface area contributed by atoms with Crippen LogP contribution in [0, 0.1) is 0 Å². The Morgan fingerprint density at radius 1 is 1.35 bits per heavy atom. The molecule has 2 amide bonds. The second kappa shape index (κ2) is 6.55. The number of nitrogens with zero attached hydrogens (tertiary/aromatic N) is 5. The highest BCUT2D eigenvalue weighted by Crippen LogP contribution is 2.19. The monoisotopic (exact) mass is 326 g/mol. The molecule has 23 heavy (non-hydrogen) atoms. The first-order valence-corrected chi connectivity index (χ1v) is 6.77. The van der Waals surface area contributed by atoms with Crippen molar-refractivity contribution in [2.75, 3.05) is 19.4 Å². The Kier molecular flexibility index (Phi) is 4.72. The number of amides is 2. The Morgan fingerprint density at radius 2 is 2.04 bits per heavy atom. The fourth-order valence-electron chi connectivity index (χ4n) is 1.99. The zero-order chi connectivity index (χ0) is 17.1. The summed E-state index contributed by atoms with van der Waals surface area (Å²) in [7, 11) is 3.12. The Bertz CT molecular complexity index is 722. The molecule has 0 aliphatic heterocycles. The highest BCUT2D eigenvalue weighted by molar-refractivity contribution is 6.07. The van der Waals surface area contributed by atoms with Gasteiger partial charge in [0.1, 0.15) is 11.4 Å². The lowest BCUT2D eigenvalue weighted by Gasteiger charge is -2.13. The van der Waals surface area contributed by atoms with Gasteiger partial charge in [-0.2, -0.15) is 23.7 Å². The molecule has 0 aliphatic carbocycles. The molecule has 2 rings (SSSR count). The van der Waals surface area contributed by atoms with Crippen molar-refractivity contribution in [3.05, 3.63) is 29.8 Å². The van der Waals surface area contributed by atoms with Crippen LogP contribution in [-0.4, -0.2) is 50.4 Å². The van der Waals surface area contributed by atoms with Crippen molar-refractivity contribution in [1.82, 2.24) is 24.5 Å². The molecule has 0 aliphatic rings. The van der Waals surface area contributed by atoms with Gasteiger partial charge in [0, 0.05) is 26.8 Å². The van der Waals surface area contributed by atoms with Gasteiger partial charge in [0.15, 0.2) is 0 Å². The SMILES string of the molecule is CCn1ncc(NC(=O)c2ccnn2C(F)F)c1C(=O)N(C)C. The Labute approximate surface area is 130 Å². The maximum atomic E-state index is 12.8. The lowest BCUT2D eigenvalue weighted by molar-refractivity contribution is 0.0520. The molecule has 2 aromatic rings. The third kappa shape index (κ3) is 3.20. The van der Waals surface area contributed by atoms with Crippen molar-refractivity contribution in [1.29, 1.82) is 0 Å². The number of carbonyl (C=O) groups is 2. The molecule has 10 heteroatoms. The lowest BCUT2D eigenvalue weighted by atomic mass is 10.3. The van der Waals surface area contributed by atoms with Gasteiger partial charge < -0.3 is 10.2 Å². The predicted molar refractivity (Wildman–Crippen MR) is 77.4 cm³/mol. The predicted octanol–water partition coefficient (Wildman–Crippen LogP) is 1.45. The molecule has 0 atom stereocenters. The number of aryl methyl sites for hydroxylation is 1. The first-order chi connectivity index (χ1) is 10.9. The standard InChI is InChI=1S/C13H16F2N6O2/c1-4-20-10(12(23)19(2)3)8(7-17-20)18-11(22)9-5-6-16-21(9)13(14)15/h5-7,13H,4H2,1-3H3,(H,18,22). The molecule has 2 heterocycles. The van der Waals surface area contributed by atoms with Gasteiger partial charge in [0.05, 0.1) is 11.9 Å². The third-order valence-corrected chi connectivity index (χ3v) is 3.08. The van der Waals surface area contributed by atoms with Crippen LogP contribution in [0.25, 0.3) is 0 Å². The Balaban J connectivity index is 2.33. The minimum absolute atomic E-state index is 0.151. The van der Waals surface area contributed by atoms with E-state index < -0.39 is 12.5 Å². The summed E-state index contributed by atoms with van der Waals surface area (Å²) in [5, 5.41) is 9.84. The second-order valence-electron chi connectivity index (χ2n) is 4.81. The zero-order valence-corrected chi connectivity index (χ0v) is 12.8. The topological polar surface area (TPSA) is 85.0 Å². The van der Waals surface area contributed by atoms with Gasteiger partial charge in [-0.05, 0) is 13.0 Å². The molecule has 2 aromatic heterocycles. The van der Waals surface area contributed by atoms with E-state index in [9.17, 15) is 18.4 Å². The molecule has 1 N–H and O–H groups in total. The van der Waals surface area contributed by atoms with E-state index in [1.807, 2.05) is 0 Å². The Morgan fingerprint density at radius 3 is 2.61 bits per heavy atom. The van der Waals surface area contributed by atoms with Crippen LogP contribution in [0.1, 0.15) is 34.5 Å². The fourth-order valence-corrected chi connectivity index (χ4v) is 1.99. The van der Waals surface area contributed by atoms with Gasteiger partial charge in [-0.1, -0.05) is 0 Å². The van der Waals surface area contributed by atoms with E-state index in [0.717, 1.165) is 6.20 Å². The normalized spacial score (nSPS) is 10.9. The third-order valence-electron chi connectivity index (χ3n) is 3.08. The van der Waals surface area contributed by atoms with Crippen LogP contribution in [0.4, 0.5) is 14.5 Å². The molecule has 0 radical (unpaired) electrons. The van der Waals surface area contributed by atoms with Crippen molar-refractivity contribution >= 4 is 17.5 Å². The summed E-state index contributed by atoms with van der Waals surface area (Å²) in [6, 6.07) is 1.17. The molecule has 0 bridgehead atoms. The molecule has 0 fully saturated rings. The second-order valence-corrected chi connectivity index (χ2v) is 4.81. The van der Waals surface area contributed by atoms with E-state index in [2.05, 4.69) is 15.5 Å². The average Bonchev–Trinajstić information content (AvgIpc) is 3.12. The van der Waals surface area contributed by atoms with Crippen LogP contribution in [0.3, 0.4) is 0 Å². The quantitative estimate of drug-likeness (QED) is 0.901. The number of aromatic nitrogens is 4. The molecule has 0 saturated carbocycles. The summed E-state index contributed by atoms with van der Waals surface area (Å²) >= 11 is 0. The van der Waals surface area contributed by atoms with Crippen LogP contribution in [0.2, 0.25) is 0 Å². The lowest BCUT2D eigenvalue weighted by Crippen LogP contribution is -2.27. The van der Waals surface area contributed by atoms with Crippen molar-refractivity contribution in [3.63, 3.8) is 0 Å². The number of halogens is 2. The molecular weight excluding hydrogens is 310 g/mol. The zero-order valence-electron chi connectivity index (χ0n) is 12.8. The molecular formula is C13H16F2N6O2. The minimum atomic E-state index is -2.94. The van der Waals surface area contributed by atoms with Crippen molar-refractivity contribution in [2.24, 2.45) is 0 Å². The number of hydrogen-bond acceptors (Lipinski definition) is 4. The smallest absolute Gasteiger partial charge is 0.333 e. The van der Waals surface area contributed by atoms with Crippen molar-refractivity contribution in [2.45, 2.75) is 20.0 Å².